The van der Waals surface area contributed by atoms with Crippen LogP contribution in [0.1, 0.15) is 91.4 Å². The summed E-state index contributed by atoms with van der Waals surface area (Å²) in [7, 11) is 0. The van der Waals surface area contributed by atoms with E-state index in [1.54, 1.807) is 0 Å². The number of aliphatic hydroxyl groups is 1. The molecule has 4 aliphatic rings. The first-order chi connectivity index (χ1) is 13.4. The number of hydrogen-bond donors (Lipinski definition) is 1. The van der Waals surface area contributed by atoms with Gasteiger partial charge in [-0.05, 0) is 107 Å². The van der Waals surface area contributed by atoms with Gasteiger partial charge in [0.05, 0.1) is 24.9 Å². The lowest BCUT2D eigenvalue weighted by Crippen LogP contribution is -2.51. The van der Waals surface area contributed by atoms with Crippen molar-refractivity contribution in [3.63, 3.8) is 0 Å². The Bertz CT molecular complexity index is 518. The fourth-order valence-corrected chi connectivity index (χ4v) is 7.86. The molecule has 0 saturated heterocycles. The lowest BCUT2D eigenvalue weighted by atomic mass is 9.47. The van der Waals surface area contributed by atoms with Crippen LogP contribution in [0.3, 0.4) is 0 Å². The van der Waals surface area contributed by atoms with Crippen molar-refractivity contribution in [2.75, 3.05) is 19.8 Å². The summed E-state index contributed by atoms with van der Waals surface area (Å²) >= 11 is 0. The molecule has 0 heterocycles. The molecule has 3 heteroatoms. The van der Waals surface area contributed by atoms with Crippen molar-refractivity contribution < 1.29 is 14.6 Å². The maximum Gasteiger partial charge on any atom is 0.0707 e. The van der Waals surface area contributed by atoms with Crippen LogP contribution in [-0.2, 0) is 9.47 Å². The first kappa shape index (κ1) is 21.1. The molecule has 28 heavy (non-hydrogen) atoms. The zero-order valence-electron chi connectivity index (χ0n) is 18.6. The third-order valence-corrected chi connectivity index (χ3v) is 9.46. The van der Waals surface area contributed by atoms with Crippen molar-refractivity contribution in [2.45, 2.75) is 103 Å². The molecule has 0 aromatic carbocycles. The maximum absolute atomic E-state index is 9.12. The van der Waals surface area contributed by atoms with E-state index in [1.807, 2.05) is 13.8 Å². The summed E-state index contributed by atoms with van der Waals surface area (Å²) in [4.78, 5) is 0. The normalized spacial score (nSPS) is 43.3. The lowest BCUT2D eigenvalue weighted by molar-refractivity contribution is -0.127. The zero-order chi connectivity index (χ0) is 19.8. The van der Waals surface area contributed by atoms with Crippen LogP contribution in [-0.4, -0.2) is 36.6 Å². The molecule has 1 N–H and O–H groups in total. The van der Waals surface area contributed by atoms with Crippen LogP contribution in [0.2, 0.25) is 0 Å². The van der Waals surface area contributed by atoms with Crippen LogP contribution in [0, 0.1) is 35.0 Å². The highest BCUT2D eigenvalue weighted by atomic mass is 16.5. The average Bonchev–Trinajstić information content (AvgIpc) is 3.14. The monoisotopic (exact) mass is 392 g/mol. The van der Waals surface area contributed by atoms with Gasteiger partial charge in [-0.25, -0.2) is 0 Å². The second kappa shape index (κ2) is 8.55. The van der Waals surface area contributed by atoms with E-state index in [0.29, 0.717) is 31.2 Å². The third kappa shape index (κ3) is 4.18. The van der Waals surface area contributed by atoms with Crippen LogP contribution in [0.25, 0.3) is 0 Å². The van der Waals surface area contributed by atoms with E-state index in [9.17, 15) is 0 Å². The van der Waals surface area contributed by atoms with E-state index < -0.39 is 0 Å². The van der Waals surface area contributed by atoms with E-state index in [-0.39, 0.29) is 12.2 Å². The van der Waals surface area contributed by atoms with E-state index in [4.69, 9.17) is 14.6 Å². The second-order valence-electron chi connectivity index (χ2n) is 11.3. The molecule has 0 amide bonds. The van der Waals surface area contributed by atoms with Gasteiger partial charge < -0.3 is 14.6 Å². The van der Waals surface area contributed by atoms with Gasteiger partial charge in [-0.15, -0.1) is 0 Å². The Morgan fingerprint density at radius 3 is 2.64 bits per heavy atom. The standard InChI is InChI=1S/C25H44O3/c1-24(2,13-14-26)28-16-15-27-20-11-12-25(3)19(17-20)8-9-22-21-6-4-5-18(21)7-10-23(22)25/h18-23,26H,4-17H2,1-3H3/t18?,19-,20?,21?,22?,23?,25+/m1/s1. The molecule has 0 aromatic heterocycles. The van der Waals surface area contributed by atoms with Crippen LogP contribution >= 0.6 is 0 Å². The van der Waals surface area contributed by atoms with Gasteiger partial charge in [0.25, 0.3) is 0 Å². The minimum absolute atomic E-state index is 0.181. The van der Waals surface area contributed by atoms with E-state index in [2.05, 4.69) is 6.92 Å². The molecule has 7 atom stereocenters. The quantitative estimate of drug-likeness (QED) is 0.574. The molecule has 162 valence electrons. The van der Waals surface area contributed by atoms with Crippen molar-refractivity contribution in [1.29, 1.82) is 0 Å². The Labute approximate surface area is 172 Å². The summed E-state index contributed by atoms with van der Waals surface area (Å²) in [6.45, 7) is 8.26. The molecule has 3 nitrogen and oxygen atoms in total. The molecule has 0 bridgehead atoms. The molecule has 5 unspecified atom stereocenters. The van der Waals surface area contributed by atoms with Gasteiger partial charge in [0.15, 0.2) is 0 Å². The van der Waals surface area contributed by atoms with Gasteiger partial charge in [-0.1, -0.05) is 19.8 Å². The molecular weight excluding hydrogens is 348 g/mol. The molecule has 4 saturated carbocycles. The first-order valence-electron chi connectivity index (χ1n) is 12.3. The number of aliphatic hydroxyl groups excluding tert-OH is 1. The fraction of sp³-hybridized carbons (Fsp3) is 1.00. The van der Waals surface area contributed by atoms with E-state index >= 15 is 0 Å². The molecular formula is C25H44O3. The van der Waals surface area contributed by atoms with Crippen molar-refractivity contribution in [1.82, 2.24) is 0 Å². The Morgan fingerprint density at radius 2 is 1.82 bits per heavy atom. The smallest absolute Gasteiger partial charge is 0.0707 e. The SMILES string of the molecule is CC(C)(CCO)OCCOC1CC[C@]2(C)C3CCC4CCCC4C3CC[C@@H]2C1. The van der Waals surface area contributed by atoms with Crippen LogP contribution in [0.4, 0.5) is 0 Å². The Kier molecular flexibility index (Phi) is 6.45. The highest BCUT2D eigenvalue weighted by Crippen LogP contribution is 2.63. The predicted molar refractivity (Wildman–Crippen MR) is 113 cm³/mol. The van der Waals surface area contributed by atoms with Gasteiger partial charge >= 0.3 is 0 Å². The Morgan fingerprint density at radius 1 is 0.964 bits per heavy atom. The number of rotatable bonds is 7. The number of hydrogen-bond acceptors (Lipinski definition) is 3. The van der Waals surface area contributed by atoms with Crippen molar-refractivity contribution >= 4 is 0 Å². The molecule has 4 fully saturated rings. The minimum atomic E-state index is -0.249. The lowest BCUT2D eigenvalue weighted by Gasteiger charge is -2.59. The Hall–Kier alpha value is -0.120. The minimum Gasteiger partial charge on any atom is -0.396 e. The third-order valence-electron chi connectivity index (χ3n) is 9.46. The van der Waals surface area contributed by atoms with Crippen molar-refractivity contribution in [2.24, 2.45) is 35.0 Å². The van der Waals surface area contributed by atoms with Gasteiger partial charge in [-0.3, -0.25) is 0 Å². The number of ether oxygens (including phenoxy) is 2. The highest BCUT2D eigenvalue weighted by molar-refractivity contribution is 5.04. The van der Waals surface area contributed by atoms with Crippen molar-refractivity contribution in [3.8, 4) is 0 Å². The van der Waals surface area contributed by atoms with Gasteiger partial charge in [0.1, 0.15) is 0 Å². The average molecular weight is 393 g/mol. The first-order valence-corrected chi connectivity index (χ1v) is 12.3. The topological polar surface area (TPSA) is 38.7 Å². The summed E-state index contributed by atoms with van der Waals surface area (Å²) in [5, 5.41) is 9.12. The summed E-state index contributed by atoms with van der Waals surface area (Å²) in [5.74, 6) is 5.06. The summed E-state index contributed by atoms with van der Waals surface area (Å²) in [5.41, 5.74) is 0.330. The molecule has 0 aliphatic heterocycles. The van der Waals surface area contributed by atoms with Crippen molar-refractivity contribution in [3.05, 3.63) is 0 Å². The predicted octanol–water partition coefficient (Wildman–Crippen LogP) is 5.59. The highest BCUT2D eigenvalue weighted by Gasteiger charge is 2.55. The molecule has 4 rings (SSSR count). The molecule has 0 aromatic rings. The summed E-state index contributed by atoms with van der Waals surface area (Å²) in [6, 6.07) is 0. The fourth-order valence-electron chi connectivity index (χ4n) is 7.86. The molecule has 0 radical (unpaired) electrons. The van der Waals surface area contributed by atoms with Gasteiger partial charge in [0, 0.05) is 6.61 Å². The van der Waals surface area contributed by atoms with Gasteiger partial charge in [-0.2, -0.15) is 0 Å². The van der Waals surface area contributed by atoms with Gasteiger partial charge in [0.2, 0.25) is 0 Å². The zero-order valence-corrected chi connectivity index (χ0v) is 18.6. The van der Waals surface area contributed by atoms with Crippen LogP contribution in [0.5, 0.6) is 0 Å². The summed E-state index contributed by atoms with van der Waals surface area (Å²) < 4.78 is 12.2. The second-order valence-corrected chi connectivity index (χ2v) is 11.3. The number of fused-ring (bicyclic) bond motifs is 5. The summed E-state index contributed by atoms with van der Waals surface area (Å²) in [6.07, 6.45) is 15.5. The van der Waals surface area contributed by atoms with Crippen LogP contribution in [0.15, 0.2) is 0 Å². The van der Waals surface area contributed by atoms with Crippen LogP contribution < -0.4 is 0 Å². The Balaban J connectivity index is 1.27. The maximum atomic E-state index is 9.12. The largest absolute Gasteiger partial charge is 0.396 e. The molecule has 0 spiro atoms. The van der Waals surface area contributed by atoms with E-state index in [0.717, 1.165) is 29.6 Å². The van der Waals surface area contributed by atoms with E-state index in [1.165, 1.54) is 64.2 Å². The molecule has 4 aliphatic carbocycles.